The molecule has 2 rings (SSSR count). The molecule has 0 bridgehead atoms. The number of nitrogens with zero attached hydrogens (tertiary/aromatic N) is 3. The van der Waals surface area contributed by atoms with Crippen LogP contribution in [0.2, 0.25) is 0 Å². The number of hydrogen-bond donors (Lipinski definition) is 2. The molecule has 19 heavy (non-hydrogen) atoms. The zero-order valence-electron chi connectivity index (χ0n) is 10.7. The molecule has 0 saturated carbocycles. The summed E-state index contributed by atoms with van der Waals surface area (Å²) in [6.07, 6.45) is 4.39. The van der Waals surface area contributed by atoms with E-state index in [0.29, 0.717) is 25.4 Å². The average Bonchev–Trinajstić information content (AvgIpc) is 2.91. The van der Waals surface area contributed by atoms with Gasteiger partial charge in [-0.25, -0.2) is 4.72 Å². The Morgan fingerprint density at radius 2 is 2.37 bits per heavy atom. The van der Waals surface area contributed by atoms with E-state index in [9.17, 15) is 8.42 Å². The monoisotopic (exact) mass is 289 g/mol. The Morgan fingerprint density at radius 1 is 1.53 bits per heavy atom. The Labute approximate surface area is 112 Å². The molecule has 2 heterocycles. The molecule has 1 saturated heterocycles. The number of piperidine rings is 1. The van der Waals surface area contributed by atoms with Gasteiger partial charge >= 0.3 is 0 Å². The third kappa shape index (κ3) is 3.72. The minimum Gasteiger partial charge on any atom is -0.340 e. The van der Waals surface area contributed by atoms with Gasteiger partial charge in [0.1, 0.15) is 0 Å². The number of rotatable bonds is 6. The quantitative estimate of drug-likeness (QED) is 0.713. The average molecular weight is 289 g/mol. The fourth-order valence-electron chi connectivity index (χ4n) is 2.20. The van der Waals surface area contributed by atoms with E-state index in [4.69, 9.17) is 10.3 Å². The summed E-state index contributed by atoms with van der Waals surface area (Å²) in [6.45, 7) is 1.11. The highest BCUT2D eigenvalue weighted by Crippen LogP contribution is 2.18. The van der Waals surface area contributed by atoms with Crippen molar-refractivity contribution >= 4 is 10.2 Å². The van der Waals surface area contributed by atoms with Crippen molar-refractivity contribution in [2.45, 2.75) is 31.7 Å². The first-order valence-electron chi connectivity index (χ1n) is 6.35. The zero-order valence-corrected chi connectivity index (χ0v) is 11.5. The maximum Gasteiger partial charge on any atom is 0.279 e. The second-order valence-corrected chi connectivity index (χ2v) is 6.19. The highest BCUT2D eigenvalue weighted by molar-refractivity contribution is 7.87. The van der Waals surface area contributed by atoms with Crippen molar-refractivity contribution in [3.63, 3.8) is 0 Å². The molecule has 9 heteroatoms. The van der Waals surface area contributed by atoms with E-state index in [1.54, 1.807) is 0 Å². The van der Waals surface area contributed by atoms with Crippen LogP contribution in [0.1, 0.15) is 25.2 Å². The molecule has 1 fully saturated rings. The van der Waals surface area contributed by atoms with E-state index in [0.717, 1.165) is 19.3 Å². The minimum atomic E-state index is -3.48. The van der Waals surface area contributed by atoms with Crippen molar-refractivity contribution < 1.29 is 12.9 Å². The van der Waals surface area contributed by atoms with Crippen LogP contribution in [0.4, 0.5) is 0 Å². The van der Waals surface area contributed by atoms with Crippen LogP contribution in [0.5, 0.6) is 0 Å². The lowest BCUT2D eigenvalue weighted by atomic mass is 10.1. The van der Waals surface area contributed by atoms with Crippen molar-refractivity contribution in [2.24, 2.45) is 5.73 Å². The molecule has 8 nitrogen and oxygen atoms in total. The molecule has 1 aliphatic rings. The first-order valence-corrected chi connectivity index (χ1v) is 7.79. The van der Waals surface area contributed by atoms with Gasteiger partial charge in [-0.2, -0.15) is 17.7 Å². The molecule has 1 atom stereocenters. The van der Waals surface area contributed by atoms with Crippen LogP contribution in [0, 0.1) is 0 Å². The van der Waals surface area contributed by atoms with E-state index >= 15 is 0 Å². The SMILES string of the molecule is NCC1CCCCN1S(=O)(=O)NCCc1ncno1. The first-order chi connectivity index (χ1) is 9.13. The van der Waals surface area contributed by atoms with Gasteiger partial charge < -0.3 is 10.3 Å². The lowest BCUT2D eigenvalue weighted by molar-refractivity contribution is 0.254. The fourth-order valence-corrected chi connectivity index (χ4v) is 3.68. The molecular weight excluding hydrogens is 270 g/mol. The predicted molar refractivity (Wildman–Crippen MR) is 68.3 cm³/mol. The van der Waals surface area contributed by atoms with Crippen LogP contribution in [-0.2, 0) is 16.6 Å². The lowest BCUT2D eigenvalue weighted by Gasteiger charge is -2.33. The van der Waals surface area contributed by atoms with Gasteiger partial charge in [0.15, 0.2) is 6.33 Å². The summed E-state index contributed by atoms with van der Waals surface area (Å²) >= 11 is 0. The molecule has 1 aliphatic heterocycles. The van der Waals surface area contributed by atoms with Gasteiger partial charge in [0.2, 0.25) is 5.89 Å². The predicted octanol–water partition coefficient (Wildman–Crippen LogP) is -0.740. The maximum absolute atomic E-state index is 12.2. The van der Waals surface area contributed by atoms with Crippen molar-refractivity contribution in [3.8, 4) is 0 Å². The van der Waals surface area contributed by atoms with Gasteiger partial charge in [0.05, 0.1) is 0 Å². The second kappa shape index (κ2) is 6.42. The Hall–Kier alpha value is -1.03. The van der Waals surface area contributed by atoms with Crippen LogP contribution in [-0.4, -0.2) is 48.5 Å². The molecule has 1 unspecified atom stereocenters. The Balaban J connectivity index is 1.89. The summed E-state index contributed by atoms with van der Waals surface area (Å²) in [5.74, 6) is 0.414. The highest BCUT2D eigenvalue weighted by Gasteiger charge is 2.30. The Bertz CT molecular complexity index is 475. The largest absolute Gasteiger partial charge is 0.340 e. The standard InChI is InChI=1S/C10H19N5O3S/c11-7-9-3-1-2-6-15(9)19(16,17)14-5-4-10-12-8-13-18-10/h8-9,14H,1-7,11H2. The Morgan fingerprint density at radius 3 is 3.05 bits per heavy atom. The van der Waals surface area contributed by atoms with Crippen molar-refractivity contribution in [3.05, 3.63) is 12.2 Å². The summed E-state index contributed by atoms with van der Waals surface area (Å²) in [4.78, 5) is 3.83. The van der Waals surface area contributed by atoms with Crippen LogP contribution in [0.25, 0.3) is 0 Å². The number of aromatic nitrogens is 2. The van der Waals surface area contributed by atoms with E-state index in [1.807, 2.05) is 0 Å². The molecule has 1 aromatic rings. The van der Waals surface area contributed by atoms with Gasteiger partial charge in [0.25, 0.3) is 10.2 Å². The van der Waals surface area contributed by atoms with Crippen molar-refractivity contribution in [2.75, 3.05) is 19.6 Å². The lowest BCUT2D eigenvalue weighted by Crippen LogP contribution is -2.51. The summed E-state index contributed by atoms with van der Waals surface area (Å²) in [5, 5.41) is 3.46. The van der Waals surface area contributed by atoms with Gasteiger partial charge in [0, 0.05) is 32.1 Å². The molecule has 0 spiro atoms. The minimum absolute atomic E-state index is 0.102. The summed E-state index contributed by atoms with van der Waals surface area (Å²) in [7, 11) is -3.48. The third-order valence-corrected chi connectivity index (χ3v) is 4.85. The van der Waals surface area contributed by atoms with Gasteiger partial charge in [-0.3, -0.25) is 0 Å². The molecule has 3 N–H and O–H groups in total. The Kier molecular flexibility index (Phi) is 4.86. The topological polar surface area (TPSA) is 114 Å². The molecule has 0 radical (unpaired) electrons. The van der Waals surface area contributed by atoms with Gasteiger partial charge in [-0.05, 0) is 12.8 Å². The number of nitrogens with two attached hydrogens (primary N) is 1. The molecular formula is C10H19N5O3S. The summed E-state index contributed by atoms with van der Waals surface area (Å²) < 4.78 is 33.2. The smallest absolute Gasteiger partial charge is 0.279 e. The summed E-state index contributed by atoms with van der Waals surface area (Å²) in [6, 6.07) is -0.102. The van der Waals surface area contributed by atoms with Gasteiger partial charge in [-0.1, -0.05) is 11.6 Å². The second-order valence-electron chi connectivity index (χ2n) is 4.48. The molecule has 108 valence electrons. The molecule has 0 amide bonds. The van der Waals surface area contributed by atoms with Crippen molar-refractivity contribution in [1.29, 1.82) is 0 Å². The van der Waals surface area contributed by atoms with Crippen LogP contribution in [0.3, 0.4) is 0 Å². The van der Waals surface area contributed by atoms with Crippen LogP contribution in [0.15, 0.2) is 10.9 Å². The van der Waals surface area contributed by atoms with Gasteiger partial charge in [-0.15, -0.1) is 0 Å². The van der Waals surface area contributed by atoms with Crippen LogP contribution < -0.4 is 10.5 Å². The molecule has 1 aromatic heterocycles. The summed E-state index contributed by atoms with van der Waals surface area (Å²) in [5.41, 5.74) is 5.63. The van der Waals surface area contributed by atoms with E-state index < -0.39 is 10.2 Å². The maximum atomic E-state index is 12.2. The van der Waals surface area contributed by atoms with E-state index in [2.05, 4.69) is 14.9 Å². The third-order valence-electron chi connectivity index (χ3n) is 3.18. The number of nitrogens with one attached hydrogen (secondary N) is 1. The van der Waals surface area contributed by atoms with Crippen molar-refractivity contribution in [1.82, 2.24) is 19.2 Å². The van der Waals surface area contributed by atoms with E-state index in [1.165, 1.54) is 10.6 Å². The molecule has 0 aliphatic carbocycles. The fraction of sp³-hybridized carbons (Fsp3) is 0.800. The van der Waals surface area contributed by atoms with E-state index in [-0.39, 0.29) is 12.6 Å². The first kappa shape index (κ1) is 14.4. The zero-order chi connectivity index (χ0) is 13.7. The normalized spacial score (nSPS) is 21.6. The molecule has 0 aromatic carbocycles. The number of hydrogen-bond acceptors (Lipinski definition) is 6. The highest BCUT2D eigenvalue weighted by atomic mass is 32.2. The van der Waals surface area contributed by atoms with Crippen LogP contribution >= 0.6 is 0 Å².